The molecule has 0 atom stereocenters. The van der Waals surface area contributed by atoms with Crippen molar-refractivity contribution in [3.05, 3.63) is 90.6 Å². The second kappa shape index (κ2) is 12.1. The largest absolute Gasteiger partial charge is 0.493 e. The van der Waals surface area contributed by atoms with E-state index in [1.807, 2.05) is 92.8 Å². The van der Waals surface area contributed by atoms with Crippen LogP contribution in [0, 0.1) is 0 Å². The molecule has 0 fully saturated rings. The van der Waals surface area contributed by atoms with Crippen molar-refractivity contribution in [2.75, 3.05) is 26.1 Å². The number of rotatable bonds is 10. The van der Waals surface area contributed by atoms with E-state index in [2.05, 4.69) is 5.32 Å². The summed E-state index contributed by atoms with van der Waals surface area (Å²) in [4.78, 5) is 32.6. The lowest BCUT2D eigenvalue weighted by Crippen LogP contribution is -2.43. The summed E-state index contributed by atoms with van der Waals surface area (Å²) in [5, 5.41) is 2.92. The Hall–Kier alpha value is -4.59. The van der Waals surface area contributed by atoms with Crippen molar-refractivity contribution in [1.29, 1.82) is 0 Å². The fourth-order valence-electron chi connectivity index (χ4n) is 4.14. The molecule has 8 heteroatoms. The number of anilines is 1. The molecule has 2 amide bonds. The summed E-state index contributed by atoms with van der Waals surface area (Å²) in [7, 11) is 3.15. The molecule has 1 N–H and O–H groups in total. The highest BCUT2D eigenvalue weighted by molar-refractivity contribution is 5.94. The van der Waals surface area contributed by atoms with Crippen LogP contribution in [-0.2, 0) is 16.0 Å². The van der Waals surface area contributed by atoms with Gasteiger partial charge in [0.25, 0.3) is 0 Å². The second-order valence-corrected chi connectivity index (χ2v) is 9.05. The Bertz CT molecular complexity index is 1380. The smallest absolute Gasteiger partial charge is 0.246 e. The molecule has 0 spiro atoms. The molecule has 4 aromatic rings. The van der Waals surface area contributed by atoms with E-state index in [0.29, 0.717) is 23.1 Å². The van der Waals surface area contributed by atoms with Crippen molar-refractivity contribution < 1.29 is 19.1 Å². The fourth-order valence-corrected chi connectivity index (χ4v) is 4.14. The van der Waals surface area contributed by atoms with E-state index in [9.17, 15) is 9.59 Å². The number of hydrogen-bond acceptors (Lipinski definition) is 5. The third-order valence-corrected chi connectivity index (χ3v) is 6.13. The van der Waals surface area contributed by atoms with Crippen LogP contribution in [0.15, 0.2) is 85.1 Å². The van der Waals surface area contributed by atoms with Gasteiger partial charge in [-0.3, -0.25) is 19.5 Å². The molecule has 0 unspecified atom stereocenters. The zero-order chi connectivity index (χ0) is 27.1. The molecule has 1 aromatic heterocycles. The standard InChI is InChI=1S/C30H32N4O4/c1-21(2)33(29(36)17-22-11-7-5-8-12-22)20-28(35)32-30-31-25(23-13-9-6-10-14-23)19-34(30)24-15-16-26(37-3)27(18-24)38-4/h5-16,18-19,21H,17,20H2,1-4H3,(H,31,32,35). The summed E-state index contributed by atoms with van der Waals surface area (Å²) >= 11 is 0. The number of amides is 2. The summed E-state index contributed by atoms with van der Waals surface area (Å²) in [6, 6.07) is 24.5. The molecule has 0 bridgehead atoms. The number of nitrogens with zero attached hydrogens (tertiary/aromatic N) is 3. The first-order valence-corrected chi connectivity index (χ1v) is 12.4. The van der Waals surface area contributed by atoms with Crippen LogP contribution in [0.25, 0.3) is 16.9 Å². The zero-order valence-corrected chi connectivity index (χ0v) is 22.0. The number of hydrogen-bond donors (Lipinski definition) is 1. The van der Waals surface area contributed by atoms with E-state index >= 15 is 0 Å². The van der Waals surface area contributed by atoms with Crippen LogP contribution in [0.5, 0.6) is 11.5 Å². The van der Waals surface area contributed by atoms with E-state index in [0.717, 1.165) is 16.8 Å². The van der Waals surface area contributed by atoms with Gasteiger partial charge in [-0.25, -0.2) is 4.98 Å². The molecule has 0 aliphatic carbocycles. The van der Waals surface area contributed by atoms with Gasteiger partial charge >= 0.3 is 0 Å². The average molecular weight is 513 g/mol. The quantitative estimate of drug-likeness (QED) is 0.324. The Kier molecular flexibility index (Phi) is 8.43. The van der Waals surface area contributed by atoms with Crippen molar-refractivity contribution in [2.45, 2.75) is 26.3 Å². The summed E-state index contributed by atoms with van der Waals surface area (Å²) in [6.07, 6.45) is 2.08. The third kappa shape index (κ3) is 6.21. The lowest BCUT2D eigenvalue weighted by atomic mass is 10.1. The zero-order valence-electron chi connectivity index (χ0n) is 22.0. The average Bonchev–Trinajstić information content (AvgIpc) is 3.35. The highest BCUT2D eigenvalue weighted by atomic mass is 16.5. The normalized spacial score (nSPS) is 10.8. The Morgan fingerprint density at radius 2 is 1.58 bits per heavy atom. The van der Waals surface area contributed by atoms with Gasteiger partial charge in [-0.1, -0.05) is 60.7 Å². The van der Waals surface area contributed by atoms with Crippen molar-refractivity contribution in [3.8, 4) is 28.4 Å². The predicted molar refractivity (Wildman–Crippen MR) is 148 cm³/mol. The summed E-state index contributed by atoms with van der Waals surface area (Å²) < 4.78 is 12.6. The van der Waals surface area contributed by atoms with Gasteiger partial charge in [0.1, 0.15) is 6.54 Å². The van der Waals surface area contributed by atoms with Crippen LogP contribution in [0.1, 0.15) is 19.4 Å². The highest BCUT2D eigenvalue weighted by Gasteiger charge is 2.22. The molecule has 1 heterocycles. The SMILES string of the molecule is COc1ccc(-n2cc(-c3ccccc3)nc2NC(=O)CN(C(=O)Cc2ccccc2)C(C)C)cc1OC. The third-order valence-electron chi connectivity index (χ3n) is 6.13. The number of carbonyl (C=O) groups is 2. The van der Waals surface area contributed by atoms with E-state index in [4.69, 9.17) is 14.5 Å². The van der Waals surface area contributed by atoms with Gasteiger partial charge in [0.2, 0.25) is 17.8 Å². The minimum atomic E-state index is -0.341. The lowest BCUT2D eigenvalue weighted by Gasteiger charge is -2.26. The fraction of sp³-hybridized carbons (Fsp3) is 0.233. The molecule has 0 aliphatic rings. The first-order valence-electron chi connectivity index (χ1n) is 12.4. The lowest BCUT2D eigenvalue weighted by molar-refractivity contribution is -0.135. The first-order chi connectivity index (χ1) is 18.4. The maximum absolute atomic E-state index is 13.2. The first kappa shape index (κ1) is 26.5. The monoisotopic (exact) mass is 512 g/mol. The van der Waals surface area contributed by atoms with E-state index in [-0.39, 0.29) is 30.8 Å². The van der Waals surface area contributed by atoms with Crippen molar-refractivity contribution in [1.82, 2.24) is 14.5 Å². The van der Waals surface area contributed by atoms with Gasteiger partial charge < -0.3 is 14.4 Å². The summed E-state index contributed by atoms with van der Waals surface area (Å²) in [5.74, 6) is 1.02. The molecule has 4 rings (SSSR count). The molecule has 0 saturated carbocycles. The summed E-state index contributed by atoms with van der Waals surface area (Å²) in [5.41, 5.74) is 3.23. The van der Waals surface area contributed by atoms with Crippen molar-refractivity contribution >= 4 is 17.8 Å². The van der Waals surface area contributed by atoms with Gasteiger partial charge in [-0.05, 0) is 31.5 Å². The van der Waals surface area contributed by atoms with Crippen molar-refractivity contribution in [3.63, 3.8) is 0 Å². The number of nitrogens with one attached hydrogen (secondary N) is 1. The molecule has 38 heavy (non-hydrogen) atoms. The molecular weight excluding hydrogens is 480 g/mol. The molecule has 0 aliphatic heterocycles. The predicted octanol–water partition coefficient (Wildman–Crippen LogP) is 4.97. The topological polar surface area (TPSA) is 85.7 Å². The van der Waals surface area contributed by atoms with Gasteiger partial charge in [-0.15, -0.1) is 0 Å². The second-order valence-electron chi connectivity index (χ2n) is 9.05. The van der Waals surface area contributed by atoms with E-state index in [1.54, 1.807) is 29.8 Å². The minimum Gasteiger partial charge on any atom is -0.493 e. The number of aromatic nitrogens is 2. The van der Waals surface area contributed by atoms with Gasteiger partial charge in [0.15, 0.2) is 11.5 Å². The highest BCUT2D eigenvalue weighted by Crippen LogP contribution is 2.31. The molecule has 0 radical (unpaired) electrons. The van der Waals surface area contributed by atoms with Crippen LogP contribution in [0.3, 0.4) is 0 Å². The Labute approximate surface area is 222 Å². The molecule has 196 valence electrons. The molecule has 8 nitrogen and oxygen atoms in total. The maximum Gasteiger partial charge on any atom is 0.246 e. The minimum absolute atomic E-state index is 0.0944. The number of carbonyl (C=O) groups excluding carboxylic acids is 2. The van der Waals surface area contributed by atoms with Crippen LogP contribution < -0.4 is 14.8 Å². The Morgan fingerprint density at radius 1 is 0.921 bits per heavy atom. The van der Waals surface area contributed by atoms with Crippen LogP contribution in [0.2, 0.25) is 0 Å². The van der Waals surface area contributed by atoms with Gasteiger partial charge in [-0.2, -0.15) is 0 Å². The van der Waals surface area contributed by atoms with Gasteiger partial charge in [0.05, 0.1) is 32.0 Å². The van der Waals surface area contributed by atoms with Crippen LogP contribution in [-0.4, -0.2) is 53.1 Å². The van der Waals surface area contributed by atoms with Crippen molar-refractivity contribution in [2.24, 2.45) is 0 Å². The Morgan fingerprint density at radius 3 is 2.21 bits per heavy atom. The number of ether oxygens (including phenoxy) is 2. The molecule has 3 aromatic carbocycles. The number of imidazole rings is 1. The molecule has 0 saturated heterocycles. The maximum atomic E-state index is 13.2. The van der Waals surface area contributed by atoms with E-state index in [1.165, 1.54) is 0 Å². The van der Waals surface area contributed by atoms with E-state index < -0.39 is 0 Å². The molecular formula is C30H32N4O4. The number of benzene rings is 3. The number of methoxy groups -OCH3 is 2. The van der Waals surface area contributed by atoms with Gasteiger partial charge in [0, 0.05) is 23.9 Å². The van der Waals surface area contributed by atoms with Crippen LogP contribution >= 0.6 is 0 Å². The Balaban J connectivity index is 1.61. The summed E-state index contributed by atoms with van der Waals surface area (Å²) in [6.45, 7) is 3.70. The van der Waals surface area contributed by atoms with Crippen LogP contribution in [0.4, 0.5) is 5.95 Å².